The van der Waals surface area contributed by atoms with Gasteiger partial charge in [-0.1, -0.05) is 11.6 Å². The minimum absolute atomic E-state index is 0.597. The Balaban J connectivity index is 2.34. The van der Waals surface area contributed by atoms with E-state index < -0.39 is 0 Å². The van der Waals surface area contributed by atoms with E-state index in [0.717, 1.165) is 29.0 Å². The molecule has 0 unspecified atom stereocenters. The minimum atomic E-state index is 0.597. The number of nitrogens with zero attached hydrogens (tertiary/aromatic N) is 3. The lowest BCUT2D eigenvalue weighted by Gasteiger charge is -2.08. The average Bonchev–Trinajstić information content (AvgIpc) is 2.53. The van der Waals surface area contributed by atoms with Crippen LogP contribution in [-0.2, 0) is 11.3 Å². The van der Waals surface area contributed by atoms with Crippen LogP contribution in [0.3, 0.4) is 0 Å². The molecule has 0 amide bonds. The molecule has 1 aliphatic heterocycles. The molecule has 0 aliphatic carbocycles. The maximum atomic E-state index is 6.15. The van der Waals surface area contributed by atoms with Crippen LogP contribution in [0.1, 0.15) is 18.3 Å². The topological polar surface area (TPSA) is 39.4 Å². The molecule has 4 nitrogen and oxygen atoms in total. The van der Waals surface area contributed by atoms with Crippen LogP contribution in [0.25, 0.3) is 11.0 Å². The standard InChI is InChI=1S/C13H14ClN3O/c1-3-18-13-10-6-9(14)7-11-12(10)17(5-4-15-13)8(2)16-11/h6-7H,3-5H2,1-2H3. The molecule has 0 bridgehead atoms. The van der Waals surface area contributed by atoms with Crippen molar-refractivity contribution in [2.24, 2.45) is 4.99 Å². The molecule has 0 atom stereocenters. The Hall–Kier alpha value is -1.55. The predicted molar refractivity (Wildman–Crippen MR) is 72.5 cm³/mol. The van der Waals surface area contributed by atoms with Gasteiger partial charge in [0.05, 0.1) is 29.7 Å². The van der Waals surface area contributed by atoms with E-state index >= 15 is 0 Å². The van der Waals surface area contributed by atoms with E-state index in [4.69, 9.17) is 16.3 Å². The van der Waals surface area contributed by atoms with E-state index in [1.165, 1.54) is 0 Å². The first kappa shape index (κ1) is 11.5. The lowest BCUT2D eigenvalue weighted by molar-refractivity contribution is 0.327. The summed E-state index contributed by atoms with van der Waals surface area (Å²) in [5.41, 5.74) is 2.92. The Labute approximate surface area is 110 Å². The maximum Gasteiger partial charge on any atom is 0.218 e. The van der Waals surface area contributed by atoms with Crippen LogP contribution in [0, 0.1) is 6.92 Å². The highest BCUT2D eigenvalue weighted by molar-refractivity contribution is 6.32. The average molecular weight is 264 g/mol. The van der Waals surface area contributed by atoms with Crippen molar-refractivity contribution in [2.45, 2.75) is 20.4 Å². The Morgan fingerprint density at radius 1 is 1.44 bits per heavy atom. The molecule has 1 aliphatic rings. The van der Waals surface area contributed by atoms with Gasteiger partial charge in [-0.3, -0.25) is 0 Å². The number of imidazole rings is 1. The van der Waals surface area contributed by atoms with Gasteiger partial charge in [0, 0.05) is 11.6 Å². The molecule has 0 radical (unpaired) electrons. The molecule has 18 heavy (non-hydrogen) atoms. The molecule has 0 saturated carbocycles. The predicted octanol–water partition coefficient (Wildman–Crippen LogP) is 2.79. The minimum Gasteiger partial charge on any atom is -0.478 e. The van der Waals surface area contributed by atoms with Crippen molar-refractivity contribution < 1.29 is 4.74 Å². The van der Waals surface area contributed by atoms with Gasteiger partial charge >= 0.3 is 0 Å². The van der Waals surface area contributed by atoms with Gasteiger partial charge in [0.1, 0.15) is 5.82 Å². The van der Waals surface area contributed by atoms with Crippen LogP contribution >= 0.6 is 11.6 Å². The fourth-order valence-electron chi connectivity index (χ4n) is 2.38. The summed E-state index contributed by atoms with van der Waals surface area (Å²) in [6.45, 7) is 6.09. The van der Waals surface area contributed by atoms with Crippen molar-refractivity contribution in [3.05, 3.63) is 28.5 Å². The molecule has 3 rings (SSSR count). The van der Waals surface area contributed by atoms with Crippen LogP contribution in [0.5, 0.6) is 0 Å². The molecular formula is C13H14ClN3O. The Morgan fingerprint density at radius 2 is 2.28 bits per heavy atom. The van der Waals surface area contributed by atoms with Crippen LogP contribution < -0.4 is 0 Å². The molecule has 94 valence electrons. The zero-order valence-electron chi connectivity index (χ0n) is 10.4. The van der Waals surface area contributed by atoms with Gasteiger partial charge in [0.25, 0.3) is 0 Å². The van der Waals surface area contributed by atoms with E-state index in [1.54, 1.807) is 0 Å². The van der Waals surface area contributed by atoms with Crippen LogP contribution in [-0.4, -0.2) is 28.6 Å². The highest BCUT2D eigenvalue weighted by Gasteiger charge is 2.19. The van der Waals surface area contributed by atoms with Gasteiger partial charge in [0.15, 0.2) is 0 Å². The molecule has 1 aromatic heterocycles. The smallest absolute Gasteiger partial charge is 0.218 e. The summed E-state index contributed by atoms with van der Waals surface area (Å²) in [4.78, 5) is 9.04. The number of hydrogen-bond donors (Lipinski definition) is 0. The summed E-state index contributed by atoms with van der Waals surface area (Å²) in [7, 11) is 0. The largest absolute Gasteiger partial charge is 0.478 e. The second-order valence-electron chi connectivity index (χ2n) is 4.25. The molecule has 5 heteroatoms. The van der Waals surface area contributed by atoms with Crippen molar-refractivity contribution in [1.82, 2.24) is 9.55 Å². The van der Waals surface area contributed by atoms with E-state index in [1.807, 2.05) is 26.0 Å². The molecule has 2 aromatic rings. The molecule has 0 saturated heterocycles. The Kier molecular flexibility index (Phi) is 2.74. The number of hydrogen-bond acceptors (Lipinski definition) is 3. The molecule has 0 fully saturated rings. The number of aliphatic imine (C=N–C) groups is 1. The van der Waals surface area contributed by atoms with E-state index in [2.05, 4.69) is 14.5 Å². The van der Waals surface area contributed by atoms with Gasteiger partial charge in [-0.15, -0.1) is 0 Å². The second-order valence-corrected chi connectivity index (χ2v) is 4.69. The fraction of sp³-hybridized carbons (Fsp3) is 0.385. The fourth-order valence-corrected chi connectivity index (χ4v) is 2.60. The number of halogens is 1. The maximum absolute atomic E-state index is 6.15. The van der Waals surface area contributed by atoms with Crippen molar-refractivity contribution in [1.29, 1.82) is 0 Å². The third kappa shape index (κ3) is 1.68. The van der Waals surface area contributed by atoms with Crippen molar-refractivity contribution in [2.75, 3.05) is 13.2 Å². The number of aromatic nitrogens is 2. The molecule has 0 N–H and O–H groups in total. The van der Waals surface area contributed by atoms with Gasteiger partial charge in [-0.05, 0) is 26.0 Å². The normalized spacial score (nSPS) is 14.5. The summed E-state index contributed by atoms with van der Waals surface area (Å²) in [5.74, 6) is 1.66. The Bertz CT molecular complexity index is 645. The lowest BCUT2D eigenvalue weighted by Crippen LogP contribution is -2.07. The van der Waals surface area contributed by atoms with E-state index in [0.29, 0.717) is 24.1 Å². The van der Waals surface area contributed by atoms with Crippen LogP contribution in [0.15, 0.2) is 17.1 Å². The highest BCUT2D eigenvalue weighted by atomic mass is 35.5. The summed E-state index contributed by atoms with van der Waals surface area (Å²) in [6, 6.07) is 3.79. The first-order valence-electron chi connectivity index (χ1n) is 6.04. The number of rotatable bonds is 1. The van der Waals surface area contributed by atoms with Crippen LogP contribution in [0.4, 0.5) is 0 Å². The molecular weight excluding hydrogens is 250 g/mol. The second kappa shape index (κ2) is 4.28. The summed E-state index contributed by atoms with van der Waals surface area (Å²) < 4.78 is 7.80. The summed E-state index contributed by atoms with van der Waals surface area (Å²) in [6.07, 6.45) is 0. The SMILES string of the molecule is CCOC1=NCCn2c(C)nc3cc(Cl)cc1c32. The van der Waals surface area contributed by atoms with Crippen molar-refractivity contribution >= 4 is 28.5 Å². The quantitative estimate of drug-likeness (QED) is 0.794. The Morgan fingerprint density at radius 3 is 3.06 bits per heavy atom. The molecule has 1 aromatic carbocycles. The van der Waals surface area contributed by atoms with E-state index in [-0.39, 0.29) is 0 Å². The lowest BCUT2D eigenvalue weighted by atomic mass is 10.2. The van der Waals surface area contributed by atoms with Gasteiger partial charge in [-0.25, -0.2) is 9.98 Å². The third-order valence-electron chi connectivity index (χ3n) is 3.09. The summed E-state index contributed by atoms with van der Waals surface area (Å²) >= 11 is 6.15. The molecule has 2 heterocycles. The van der Waals surface area contributed by atoms with Gasteiger partial charge < -0.3 is 9.30 Å². The monoisotopic (exact) mass is 263 g/mol. The zero-order valence-corrected chi connectivity index (χ0v) is 11.2. The van der Waals surface area contributed by atoms with Crippen molar-refractivity contribution in [3.63, 3.8) is 0 Å². The van der Waals surface area contributed by atoms with Crippen molar-refractivity contribution in [3.8, 4) is 0 Å². The van der Waals surface area contributed by atoms with Crippen LogP contribution in [0.2, 0.25) is 5.02 Å². The van der Waals surface area contributed by atoms with E-state index in [9.17, 15) is 0 Å². The highest BCUT2D eigenvalue weighted by Crippen LogP contribution is 2.27. The summed E-state index contributed by atoms with van der Waals surface area (Å²) in [5, 5.41) is 0.663. The van der Waals surface area contributed by atoms with Gasteiger partial charge in [0.2, 0.25) is 5.90 Å². The van der Waals surface area contributed by atoms with Gasteiger partial charge in [-0.2, -0.15) is 0 Å². The zero-order chi connectivity index (χ0) is 12.7. The third-order valence-corrected chi connectivity index (χ3v) is 3.31. The first-order chi connectivity index (χ1) is 8.70. The number of aryl methyl sites for hydroxylation is 1. The molecule has 0 spiro atoms. The number of ether oxygens (including phenoxy) is 1. The number of benzene rings is 1. The first-order valence-corrected chi connectivity index (χ1v) is 6.42.